The molecule has 0 aliphatic heterocycles. The van der Waals surface area contributed by atoms with Crippen molar-refractivity contribution >= 4 is 11.5 Å². The Kier molecular flexibility index (Phi) is 7.96. The van der Waals surface area contributed by atoms with Gasteiger partial charge < -0.3 is 5.73 Å². The monoisotopic (exact) mass is 702 g/mol. The summed E-state index contributed by atoms with van der Waals surface area (Å²) in [5.41, 5.74) is 25.7. The Hall–Kier alpha value is -7.03. The van der Waals surface area contributed by atoms with E-state index < -0.39 is 0 Å². The van der Waals surface area contributed by atoms with Crippen LogP contribution in [0.15, 0.2) is 211 Å². The fourth-order valence-corrected chi connectivity index (χ4v) is 8.94. The molecule has 0 unspecified atom stereocenters. The molecule has 0 amide bonds. The van der Waals surface area contributed by atoms with Gasteiger partial charge in [0.15, 0.2) is 0 Å². The van der Waals surface area contributed by atoms with Crippen molar-refractivity contribution in [2.24, 2.45) is 10.7 Å². The topological polar surface area (TPSA) is 38.4 Å². The molecular formula is C53H38N2. The number of aliphatic imine (C=N–C) groups is 1. The molecule has 0 saturated heterocycles. The van der Waals surface area contributed by atoms with E-state index in [1.54, 1.807) is 0 Å². The Morgan fingerprint density at radius 3 is 1.65 bits per heavy atom. The summed E-state index contributed by atoms with van der Waals surface area (Å²) in [6.07, 6.45) is 2.93. The second-order valence-corrected chi connectivity index (χ2v) is 14.4. The van der Waals surface area contributed by atoms with E-state index in [2.05, 4.69) is 170 Å². The average Bonchev–Trinajstić information content (AvgIpc) is 3.73. The van der Waals surface area contributed by atoms with E-state index in [4.69, 9.17) is 10.7 Å². The van der Waals surface area contributed by atoms with E-state index in [1.807, 2.05) is 36.4 Å². The Morgan fingerprint density at radius 2 is 0.964 bits per heavy atom. The first-order valence-electron chi connectivity index (χ1n) is 19.0. The lowest BCUT2D eigenvalue weighted by molar-refractivity contribution is 0.794. The van der Waals surface area contributed by atoms with Gasteiger partial charge in [-0.05, 0) is 90.4 Å². The molecule has 2 N–H and O–H groups in total. The molecule has 8 aromatic rings. The highest BCUT2D eigenvalue weighted by atomic mass is 14.9. The van der Waals surface area contributed by atoms with Crippen LogP contribution in [-0.2, 0) is 11.8 Å². The lowest BCUT2D eigenvalue weighted by Crippen LogP contribution is -2.25. The third-order valence-electron chi connectivity index (χ3n) is 11.4. The van der Waals surface area contributed by atoms with Crippen molar-refractivity contribution in [3.05, 3.63) is 245 Å². The summed E-state index contributed by atoms with van der Waals surface area (Å²) in [4.78, 5) is 4.95. The SMILES string of the molecule is NC(=N/C(=C\Cc1ccccc1)c1ccc(-c2cccc(-c3cccc4c3-c3ccccc3C43c4ccccc4-c4ccccc43)c2)cc1)c1ccccc1. The van der Waals surface area contributed by atoms with Crippen LogP contribution in [0.25, 0.3) is 50.2 Å². The molecule has 2 aliphatic carbocycles. The van der Waals surface area contributed by atoms with Gasteiger partial charge in [0.1, 0.15) is 5.84 Å². The molecule has 55 heavy (non-hydrogen) atoms. The molecule has 0 heterocycles. The summed E-state index contributed by atoms with van der Waals surface area (Å²) in [7, 11) is 0. The van der Waals surface area contributed by atoms with Crippen molar-refractivity contribution in [1.29, 1.82) is 0 Å². The third kappa shape index (κ3) is 5.37. The first kappa shape index (κ1) is 32.6. The van der Waals surface area contributed by atoms with Crippen LogP contribution in [0.2, 0.25) is 0 Å². The van der Waals surface area contributed by atoms with Gasteiger partial charge in [-0.2, -0.15) is 0 Å². The number of hydrogen-bond donors (Lipinski definition) is 1. The molecule has 260 valence electrons. The number of benzene rings is 8. The fourth-order valence-electron chi connectivity index (χ4n) is 8.94. The molecule has 0 fully saturated rings. The van der Waals surface area contributed by atoms with Crippen LogP contribution >= 0.6 is 0 Å². The van der Waals surface area contributed by atoms with Crippen LogP contribution in [0.1, 0.15) is 38.9 Å². The maximum absolute atomic E-state index is 6.56. The van der Waals surface area contributed by atoms with E-state index in [-0.39, 0.29) is 5.41 Å². The molecule has 0 bridgehead atoms. The van der Waals surface area contributed by atoms with Gasteiger partial charge in [0.25, 0.3) is 0 Å². The predicted octanol–water partition coefficient (Wildman–Crippen LogP) is 12.4. The fraction of sp³-hybridized carbons (Fsp3) is 0.0377. The second kappa shape index (κ2) is 13.4. The lowest BCUT2D eigenvalue weighted by Gasteiger charge is -2.30. The summed E-state index contributed by atoms with van der Waals surface area (Å²) < 4.78 is 0. The summed E-state index contributed by atoms with van der Waals surface area (Å²) in [5.74, 6) is 0.500. The van der Waals surface area contributed by atoms with Crippen LogP contribution in [0, 0.1) is 0 Å². The summed E-state index contributed by atoms with van der Waals surface area (Å²) >= 11 is 0. The molecule has 0 aromatic heterocycles. The van der Waals surface area contributed by atoms with Gasteiger partial charge in [-0.25, -0.2) is 4.99 Å². The summed E-state index contributed by atoms with van der Waals surface area (Å²) in [6, 6.07) is 72.0. The molecule has 2 aliphatic rings. The van der Waals surface area contributed by atoms with Crippen LogP contribution in [-0.4, -0.2) is 5.84 Å². The first-order valence-corrected chi connectivity index (χ1v) is 19.0. The molecule has 10 rings (SSSR count). The van der Waals surface area contributed by atoms with E-state index >= 15 is 0 Å². The van der Waals surface area contributed by atoms with Gasteiger partial charge in [-0.1, -0.05) is 200 Å². The van der Waals surface area contributed by atoms with Gasteiger partial charge in [-0.3, -0.25) is 0 Å². The van der Waals surface area contributed by atoms with E-state index in [0.717, 1.165) is 28.8 Å². The highest BCUT2D eigenvalue weighted by molar-refractivity contribution is 6.01. The van der Waals surface area contributed by atoms with Gasteiger partial charge in [0, 0.05) is 5.56 Å². The minimum atomic E-state index is -0.360. The van der Waals surface area contributed by atoms with E-state index in [1.165, 1.54) is 66.8 Å². The minimum Gasteiger partial charge on any atom is -0.383 e. The van der Waals surface area contributed by atoms with Crippen molar-refractivity contribution in [3.63, 3.8) is 0 Å². The molecule has 0 saturated carbocycles. The predicted molar refractivity (Wildman–Crippen MR) is 229 cm³/mol. The Labute approximate surface area is 322 Å². The maximum atomic E-state index is 6.56. The van der Waals surface area contributed by atoms with Gasteiger partial charge in [-0.15, -0.1) is 0 Å². The number of allylic oxidation sites excluding steroid dienone is 1. The normalized spacial score (nSPS) is 13.6. The third-order valence-corrected chi connectivity index (χ3v) is 11.4. The smallest absolute Gasteiger partial charge is 0.131 e. The summed E-state index contributed by atoms with van der Waals surface area (Å²) in [5, 5.41) is 0. The standard InChI is InChI=1S/C53H38N2/c54-52(39-17-5-2-6-18-39)55-50(34-29-36-15-3-1-4-16-36)38-32-30-37(31-33-38)40-19-13-20-41(35-40)42-24-14-28-49-51(42)45-23-9-12-27-48(45)53(49)46-25-10-7-21-43(46)44-22-8-11-26-47(44)53/h1-28,30-35H,29H2,(H2,54,55)/b50-34-. The largest absolute Gasteiger partial charge is 0.383 e. The van der Waals surface area contributed by atoms with E-state index in [0.29, 0.717) is 5.84 Å². The van der Waals surface area contributed by atoms with Crippen LogP contribution < -0.4 is 5.73 Å². The maximum Gasteiger partial charge on any atom is 0.131 e. The zero-order valence-corrected chi connectivity index (χ0v) is 30.4. The molecule has 0 radical (unpaired) electrons. The van der Waals surface area contributed by atoms with Crippen LogP contribution in [0.4, 0.5) is 0 Å². The lowest BCUT2D eigenvalue weighted by atomic mass is 9.70. The molecule has 2 nitrogen and oxygen atoms in total. The summed E-state index contributed by atoms with van der Waals surface area (Å²) in [6.45, 7) is 0. The Morgan fingerprint density at radius 1 is 0.436 bits per heavy atom. The molecule has 0 atom stereocenters. The molecular weight excluding hydrogens is 665 g/mol. The number of amidine groups is 1. The van der Waals surface area contributed by atoms with Crippen molar-refractivity contribution in [1.82, 2.24) is 0 Å². The number of hydrogen-bond acceptors (Lipinski definition) is 1. The average molecular weight is 703 g/mol. The molecule has 8 aromatic carbocycles. The highest BCUT2D eigenvalue weighted by Crippen LogP contribution is 2.63. The van der Waals surface area contributed by atoms with Crippen molar-refractivity contribution in [2.75, 3.05) is 0 Å². The Bertz CT molecular complexity index is 2730. The molecule has 1 spiro atoms. The quantitative estimate of drug-likeness (QED) is 0.130. The van der Waals surface area contributed by atoms with Gasteiger partial charge >= 0.3 is 0 Å². The van der Waals surface area contributed by atoms with Gasteiger partial charge in [0.2, 0.25) is 0 Å². The van der Waals surface area contributed by atoms with E-state index in [9.17, 15) is 0 Å². The first-order chi connectivity index (χ1) is 27.2. The van der Waals surface area contributed by atoms with Crippen molar-refractivity contribution in [3.8, 4) is 44.5 Å². The number of rotatable bonds is 7. The van der Waals surface area contributed by atoms with Crippen LogP contribution in [0.3, 0.4) is 0 Å². The second-order valence-electron chi connectivity index (χ2n) is 14.4. The Balaban J connectivity index is 1.05. The number of nitrogens with zero attached hydrogens (tertiary/aromatic N) is 1. The minimum absolute atomic E-state index is 0.360. The van der Waals surface area contributed by atoms with Gasteiger partial charge in [0.05, 0.1) is 11.1 Å². The zero-order chi connectivity index (χ0) is 36.8. The highest BCUT2D eigenvalue weighted by Gasteiger charge is 2.51. The molecule has 2 heteroatoms. The van der Waals surface area contributed by atoms with Crippen molar-refractivity contribution < 1.29 is 0 Å². The van der Waals surface area contributed by atoms with Crippen LogP contribution in [0.5, 0.6) is 0 Å². The van der Waals surface area contributed by atoms with Crippen molar-refractivity contribution in [2.45, 2.75) is 11.8 Å². The zero-order valence-electron chi connectivity index (χ0n) is 30.4. The number of fused-ring (bicyclic) bond motifs is 10. The number of nitrogens with two attached hydrogens (primary N) is 1.